The van der Waals surface area contributed by atoms with Crippen molar-refractivity contribution in [3.8, 4) is 0 Å². The van der Waals surface area contributed by atoms with Gasteiger partial charge in [0.1, 0.15) is 0 Å². The van der Waals surface area contributed by atoms with E-state index in [9.17, 15) is 9.70 Å². The highest BCUT2D eigenvalue weighted by atomic mass is 16.6. The van der Waals surface area contributed by atoms with Crippen LogP contribution in [0.3, 0.4) is 0 Å². The van der Waals surface area contributed by atoms with Crippen LogP contribution in [0, 0.1) is 4.91 Å². The lowest BCUT2D eigenvalue weighted by atomic mass is 10.9. The van der Waals surface area contributed by atoms with Crippen LogP contribution in [0.5, 0.6) is 0 Å². The Hall–Kier alpha value is -0.930. The number of hydrogen-bond donors (Lipinski definition) is 0. The van der Waals surface area contributed by atoms with Crippen molar-refractivity contribution in [1.29, 1.82) is 0 Å². The molecule has 0 aromatic rings. The van der Waals surface area contributed by atoms with Crippen LogP contribution in [0.4, 0.5) is 4.79 Å². The molecule has 4 nitrogen and oxygen atoms in total. The van der Waals surface area contributed by atoms with Gasteiger partial charge in [-0.05, 0) is 6.92 Å². The van der Waals surface area contributed by atoms with Gasteiger partial charge >= 0.3 is 6.09 Å². The third kappa shape index (κ3) is 2.88. The normalized spacial score (nSPS) is 7.57. The molecule has 0 rings (SSSR count). The van der Waals surface area contributed by atoms with Crippen molar-refractivity contribution in [1.82, 2.24) is 0 Å². The highest BCUT2D eigenvalue weighted by Crippen LogP contribution is 1.78. The van der Waals surface area contributed by atoms with Gasteiger partial charge in [0.25, 0.3) is 0 Å². The monoisotopic (exact) mass is 103 g/mol. The molecule has 0 spiro atoms. The molecule has 0 bridgehead atoms. The molecule has 0 aromatic carbocycles. The van der Waals surface area contributed by atoms with Crippen LogP contribution in [0.25, 0.3) is 0 Å². The molecule has 4 heteroatoms. The quantitative estimate of drug-likeness (QED) is 0.463. The van der Waals surface area contributed by atoms with E-state index >= 15 is 0 Å². The van der Waals surface area contributed by atoms with Crippen LogP contribution < -0.4 is 0 Å². The molecule has 7 heavy (non-hydrogen) atoms. The first kappa shape index (κ1) is 6.07. The van der Waals surface area contributed by atoms with Crippen LogP contribution in [-0.2, 0) is 4.74 Å². The van der Waals surface area contributed by atoms with Gasteiger partial charge in [0, 0.05) is 0 Å². The maximum absolute atomic E-state index is 9.71. The second-order valence-electron chi connectivity index (χ2n) is 0.790. The van der Waals surface area contributed by atoms with Crippen molar-refractivity contribution < 1.29 is 9.53 Å². The van der Waals surface area contributed by atoms with Crippen molar-refractivity contribution in [2.45, 2.75) is 6.92 Å². The maximum Gasteiger partial charge on any atom is 0.470 e. The van der Waals surface area contributed by atoms with Crippen LogP contribution in [0.1, 0.15) is 6.92 Å². The zero-order valence-corrected chi connectivity index (χ0v) is 3.88. The summed E-state index contributed by atoms with van der Waals surface area (Å²) in [4.78, 5) is 18.9. The van der Waals surface area contributed by atoms with Crippen molar-refractivity contribution >= 4 is 6.09 Å². The van der Waals surface area contributed by atoms with Crippen molar-refractivity contribution in [3.05, 3.63) is 4.91 Å². The smallest absolute Gasteiger partial charge is 0.446 e. The molecule has 0 saturated carbocycles. The molecule has 0 aliphatic rings. The number of carbonyl (C=O) groups is 1. The van der Waals surface area contributed by atoms with Gasteiger partial charge in [-0.1, -0.05) is 0 Å². The lowest BCUT2D eigenvalue weighted by molar-refractivity contribution is 0.163. The Bertz CT molecular complexity index is 80.2. The standard InChI is InChI=1S/C3H5NO3/c1-2-7-3(5)4-6/h2H2,1H3. The predicted octanol–water partition coefficient (Wildman–Crippen LogP) is 0.909. The number of rotatable bonds is 1. The minimum absolute atomic E-state index is 0.199. The Morgan fingerprint density at radius 3 is 2.57 bits per heavy atom. The Morgan fingerprint density at radius 1 is 1.86 bits per heavy atom. The number of carbonyl (C=O) groups excluding carboxylic acids is 1. The van der Waals surface area contributed by atoms with Crippen molar-refractivity contribution in [2.24, 2.45) is 5.18 Å². The first-order valence-electron chi connectivity index (χ1n) is 1.81. The molecule has 0 aliphatic carbocycles. The summed E-state index contributed by atoms with van der Waals surface area (Å²) in [7, 11) is 0. The van der Waals surface area contributed by atoms with E-state index in [0.717, 1.165) is 0 Å². The van der Waals surface area contributed by atoms with Crippen LogP contribution in [0.2, 0.25) is 0 Å². The third-order valence-corrected chi connectivity index (χ3v) is 0.342. The fraction of sp³-hybridized carbons (Fsp3) is 0.667. The first-order chi connectivity index (χ1) is 3.31. The van der Waals surface area contributed by atoms with Crippen LogP contribution in [0.15, 0.2) is 5.18 Å². The maximum atomic E-state index is 9.71. The third-order valence-electron chi connectivity index (χ3n) is 0.342. The van der Waals surface area contributed by atoms with E-state index in [1.165, 1.54) is 0 Å². The predicted molar refractivity (Wildman–Crippen MR) is 22.8 cm³/mol. The van der Waals surface area contributed by atoms with Gasteiger partial charge < -0.3 is 4.74 Å². The van der Waals surface area contributed by atoms with Gasteiger partial charge in [-0.2, -0.15) is 0 Å². The van der Waals surface area contributed by atoms with E-state index < -0.39 is 6.09 Å². The van der Waals surface area contributed by atoms with Crippen molar-refractivity contribution in [2.75, 3.05) is 6.61 Å². The lowest BCUT2D eigenvalue weighted by Crippen LogP contribution is -1.94. The molecule has 0 aliphatic heterocycles. The number of amides is 1. The molecule has 0 radical (unpaired) electrons. The van der Waals surface area contributed by atoms with E-state index in [1.807, 2.05) is 5.18 Å². The molecule has 0 N–H and O–H groups in total. The molecule has 0 fully saturated rings. The van der Waals surface area contributed by atoms with Crippen LogP contribution in [-0.4, -0.2) is 12.7 Å². The zero-order chi connectivity index (χ0) is 5.70. The van der Waals surface area contributed by atoms with E-state index in [1.54, 1.807) is 6.92 Å². The van der Waals surface area contributed by atoms with Gasteiger partial charge in [0.2, 0.25) is 0 Å². The molecule has 0 aromatic heterocycles. The molecule has 0 unspecified atom stereocenters. The fourth-order valence-corrected chi connectivity index (χ4v) is 0.150. The lowest BCUT2D eigenvalue weighted by Gasteiger charge is -1.86. The molecular formula is C3H5NO3. The topological polar surface area (TPSA) is 55.7 Å². The van der Waals surface area contributed by atoms with E-state index in [4.69, 9.17) is 0 Å². The summed E-state index contributed by atoms with van der Waals surface area (Å²) in [5.41, 5.74) is 0. The highest BCUT2D eigenvalue weighted by molar-refractivity contribution is 5.67. The summed E-state index contributed by atoms with van der Waals surface area (Å²) in [6, 6.07) is 0. The van der Waals surface area contributed by atoms with Crippen LogP contribution >= 0.6 is 0 Å². The van der Waals surface area contributed by atoms with Gasteiger partial charge in [0.15, 0.2) is 0 Å². The molecule has 0 heterocycles. The summed E-state index contributed by atoms with van der Waals surface area (Å²) >= 11 is 0. The summed E-state index contributed by atoms with van der Waals surface area (Å²) < 4.78 is 4.07. The van der Waals surface area contributed by atoms with Gasteiger partial charge in [-0.15, -0.1) is 4.91 Å². The number of nitroso groups, excluding NO2 is 1. The van der Waals surface area contributed by atoms with Gasteiger partial charge in [0.05, 0.1) is 11.8 Å². The second kappa shape index (κ2) is 3.27. The molecule has 0 saturated heterocycles. The second-order valence-corrected chi connectivity index (χ2v) is 0.790. The van der Waals surface area contributed by atoms with E-state index in [-0.39, 0.29) is 6.61 Å². The minimum Gasteiger partial charge on any atom is -0.446 e. The Balaban J connectivity index is 3.17. The average Bonchev–Trinajstić information content (AvgIpc) is 1.68. The van der Waals surface area contributed by atoms with Crippen molar-refractivity contribution in [3.63, 3.8) is 0 Å². The first-order valence-corrected chi connectivity index (χ1v) is 1.81. The molecule has 40 valence electrons. The summed E-state index contributed by atoms with van der Waals surface area (Å²) in [6.45, 7) is 1.80. The molecule has 1 amide bonds. The van der Waals surface area contributed by atoms with E-state index in [2.05, 4.69) is 4.74 Å². The minimum atomic E-state index is -1.05. The van der Waals surface area contributed by atoms with E-state index in [0.29, 0.717) is 0 Å². The zero-order valence-electron chi connectivity index (χ0n) is 3.88. The Morgan fingerprint density at radius 2 is 2.43 bits per heavy atom. The van der Waals surface area contributed by atoms with Gasteiger partial charge in [-0.25, -0.2) is 4.79 Å². The average molecular weight is 103 g/mol. The fourth-order valence-electron chi connectivity index (χ4n) is 0.150. The molecular weight excluding hydrogens is 98.0 g/mol. The Labute approximate surface area is 40.4 Å². The highest BCUT2D eigenvalue weighted by Gasteiger charge is 1.93. The summed E-state index contributed by atoms with van der Waals surface area (Å²) in [5.74, 6) is 0. The summed E-state index contributed by atoms with van der Waals surface area (Å²) in [6.07, 6.45) is -1.05. The Kier molecular flexibility index (Phi) is 2.83. The largest absolute Gasteiger partial charge is 0.470 e. The van der Waals surface area contributed by atoms with Gasteiger partial charge in [-0.3, -0.25) is 0 Å². The SMILES string of the molecule is CCOC(=O)N=O. The molecule has 0 atom stereocenters. The number of nitrogens with zero attached hydrogens (tertiary/aromatic N) is 1. The summed E-state index contributed by atoms with van der Waals surface area (Å²) in [5, 5.41) is 1.97. The number of hydrogen-bond acceptors (Lipinski definition) is 3. The number of ether oxygens (including phenoxy) is 1.